The van der Waals surface area contributed by atoms with Gasteiger partial charge in [-0.2, -0.15) is 0 Å². The van der Waals surface area contributed by atoms with E-state index >= 15 is 0 Å². The number of rotatable bonds is 4. The fourth-order valence-electron chi connectivity index (χ4n) is 2.08. The maximum Gasteiger partial charge on any atom is 0.321 e. The largest absolute Gasteiger partial charge is 0.480 e. The Hall–Kier alpha value is -1.39. The summed E-state index contributed by atoms with van der Waals surface area (Å²) in [5, 5.41) is 11.9. The summed E-state index contributed by atoms with van der Waals surface area (Å²) in [6.45, 7) is 0.327. The summed E-state index contributed by atoms with van der Waals surface area (Å²) in [6, 6.07) is 7.81. The van der Waals surface area contributed by atoms with Crippen LogP contribution >= 0.6 is 0 Å². The van der Waals surface area contributed by atoms with E-state index in [0.29, 0.717) is 12.6 Å². The van der Waals surface area contributed by atoms with E-state index in [1.807, 2.05) is 12.1 Å². The zero-order chi connectivity index (χ0) is 11.5. The second-order valence-electron chi connectivity index (χ2n) is 4.23. The van der Waals surface area contributed by atoms with Gasteiger partial charge in [0.05, 0.1) is 0 Å². The van der Waals surface area contributed by atoms with Crippen molar-refractivity contribution in [2.45, 2.75) is 24.9 Å². The molecule has 16 heavy (non-hydrogen) atoms. The molecule has 1 atom stereocenters. The number of nitrogens with one attached hydrogen (secondary N) is 1. The second-order valence-corrected chi connectivity index (χ2v) is 4.23. The first-order valence-corrected chi connectivity index (χ1v) is 5.45. The van der Waals surface area contributed by atoms with E-state index in [2.05, 4.69) is 17.4 Å². The molecule has 4 N–H and O–H groups in total. The molecule has 0 bridgehead atoms. The number of aliphatic carboxylic acids is 1. The molecule has 1 unspecified atom stereocenters. The minimum Gasteiger partial charge on any atom is -0.480 e. The molecule has 0 aliphatic heterocycles. The van der Waals surface area contributed by atoms with Crippen LogP contribution in [0.2, 0.25) is 0 Å². The number of hydrogen-bond acceptors (Lipinski definition) is 3. The van der Waals surface area contributed by atoms with Gasteiger partial charge in [0, 0.05) is 12.6 Å². The van der Waals surface area contributed by atoms with Crippen LogP contribution in [-0.2, 0) is 17.6 Å². The molecular weight excluding hydrogens is 204 g/mol. The summed E-state index contributed by atoms with van der Waals surface area (Å²) in [7, 11) is 0. The minimum atomic E-state index is -0.956. The van der Waals surface area contributed by atoms with Crippen LogP contribution in [0.3, 0.4) is 0 Å². The van der Waals surface area contributed by atoms with E-state index < -0.39 is 12.0 Å². The van der Waals surface area contributed by atoms with Crippen LogP contribution in [0.15, 0.2) is 24.3 Å². The van der Waals surface area contributed by atoms with Gasteiger partial charge in [0.25, 0.3) is 0 Å². The maximum absolute atomic E-state index is 10.6. The second kappa shape index (κ2) is 4.63. The van der Waals surface area contributed by atoms with Crippen LogP contribution in [0, 0.1) is 0 Å². The molecule has 0 radical (unpaired) electrons. The molecule has 1 aromatic rings. The zero-order valence-electron chi connectivity index (χ0n) is 9.02. The summed E-state index contributed by atoms with van der Waals surface area (Å²) in [5.74, 6) is -0.956. The third kappa shape index (κ3) is 2.40. The van der Waals surface area contributed by atoms with Crippen molar-refractivity contribution in [1.29, 1.82) is 0 Å². The third-order valence-corrected chi connectivity index (χ3v) is 2.99. The minimum absolute atomic E-state index is 0.322. The molecule has 0 aromatic heterocycles. The van der Waals surface area contributed by atoms with E-state index in [1.54, 1.807) is 0 Å². The van der Waals surface area contributed by atoms with E-state index in [4.69, 9.17) is 10.8 Å². The number of carbonyl (C=O) groups is 1. The van der Waals surface area contributed by atoms with E-state index in [9.17, 15) is 4.79 Å². The lowest BCUT2D eigenvalue weighted by molar-refractivity contribution is -0.138. The Labute approximate surface area is 94.5 Å². The van der Waals surface area contributed by atoms with Gasteiger partial charge in [-0.25, -0.2) is 0 Å². The predicted molar refractivity (Wildman–Crippen MR) is 61.3 cm³/mol. The number of hydrogen-bond donors (Lipinski definition) is 3. The Balaban J connectivity index is 1.86. The van der Waals surface area contributed by atoms with Crippen molar-refractivity contribution in [3.05, 3.63) is 35.4 Å². The Bertz CT molecular complexity index is 367. The molecule has 86 valence electrons. The van der Waals surface area contributed by atoms with Gasteiger partial charge in [0.1, 0.15) is 6.04 Å². The van der Waals surface area contributed by atoms with Gasteiger partial charge in [-0.1, -0.05) is 24.3 Å². The molecule has 0 spiro atoms. The monoisotopic (exact) mass is 220 g/mol. The lowest BCUT2D eigenvalue weighted by Gasteiger charge is -2.13. The van der Waals surface area contributed by atoms with Crippen molar-refractivity contribution in [2.24, 2.45) is 5.73 Å². The standard InChI is InChI=1S/C12H16N2O2/c13-11(12(15)16)7-14-10-5-8-3-1-2-4-9(8)6-10/h1-4,10-11,14H,5-7,13H2,(H,15,16). The highest BCUT2D eigenvalue weighted by Crippen LogP contribution is 2.21. The molecular formula is C12H16N2O2. The molecule has 0 fully saturated rings. The van der Waals surface area contributed by atoms with E-state index in [1.165, 1.54) is 11.1 Å². The van der Waals surface area contributed by atoms with Crippen LogP contribution in [0.4, 0.5) is 0 Å². The molecule has 4 heteroatoms. The quantitative estimate of drug-likeness (QED) is 0.675. The average Bonchev–Trinajstić information content (AvgIpc) is 2.68. The Kier molecular flexibility index (Phi) is 3.22. The maximum atomic E-state index is 10.6. The van der Waals surface area contributed by atoms with Crippen LogP contribution in [0.5, 0.6) is 0 Å². The van der Waals surface area contributed by atoms with E-state index in [0.717, 1.165) is 12.8 Å². The van der Waals surface area contributed by atoms with Crippen molar-refractivity contribution in [3.8, 4) is 0 Å². The van der Waals surface area contributed by atoms with Crippen molar-refractivity contribution in [2.75, 3.05) is 6.54 Å². The van der Waals surface area contributed by atoms with Gasteiger partial charge in [-0.05, 0) is 24.0 Å². The molecule has 0 saturated carbocycles. The van der Waals surface area contributed by atoms with Crippen LogP contribution in [-0.4, -0.2) is 29.7 Å². The highest BCUT2D eigenvalue weighted by Gasteiger charge is 2.21. The number of benzene rings is 1. The van der Waals surface area contributed by atoms with Crippen molar-refractivity contribution < 1.29 is 9.90 Å². The van der Waals surface area contributed by atoms with Gasteiger partial charge in [0.2, 0.25) is 0 Å². The number of carboxylic acids is 1. The van der Waals surface area contributed by atoms with Gasteiger partial charge in [-0.15, -0.1) is 0 Å². The highest BCUT2D eigenvalue weighted by atomic mass is 16.4. The fraction of sp³-hybridized carbons (Fsp3) is 0.417. The van der Waals surface area contributed by atoms with Gasteiger partial charge >= 0.3 is 5.97 Å². The van der Waals surface area contributed by atoms with Gasteiger partial charge in [-0.3, -0.25) is 4.79 Å². The highest BCUT2D eigenvalue weighted by molar-refractivity contribution is 5.73. The summed E-state index contributed by atoms with van der Waals surface area (Å²) in [6.07, 6.45) is 1.92. The lowest BCUT2D eigenvalue weighted by Crippen LogP contribution is -2.44. The normalized spacial score (nSPS) is 17.1. The molecule has 0 amide bonds. The first kappa shape index (κ1) is 11.1. The lowest BCUT2D eigenvalue weighted by atomic mass is 10.1. The number of nitrogens with two attached hydrogens (primary N) is 1. The third-order valence-electron chi connectivity index (χ3n) is 2.99. The molecule has 0 heterocycles. The predicted octanol–water partition coefficient (Wildman–Crippen LogP) is 0.155. The van der Waals surface area contributed by atoms with Crippen molar-refractivity contribution in [1.82, 2.24) is 5.32 Å². The molecule has 1 aliphatic rings. The molecule has 1 aromatic carbocycles. The molecule has 0 saturated heterocycles. The molecule has 2 rings (SSSR count). The topological polar surface area (TPSA) is 75.3 Å². The fourth-order valence-corrected chi connectivity index (χ4v) is 2.08. The van der Waals surface area contributed by atoms with Crippen molar-refractivity contribution in [3.63, 3.8) is 0 Å². The summed E-state index contributed by atoms with van der Waals surface area (Å²) >= 11 is 0. The van der Waals surface area contributed by atoms with Gasteiger partial charge in [0.15, 0.2) is 0 Å². The van der Waals surface area contributed by atoms with Crippen LogP contribution < -0.4 is 11.1 Å². The number of carboxylic acid groups (broad SMARTS) is 1. The van der Waals surface area contributed by atoms with Crippen molar-refractivity contribution >= 4 is 5.97 Å². The SMILES string of the molecule is NC(CNC1Cc2ccccc2C1)C(=O)O. The summed E-state index contributed by atoms with van der Waals surface area (Å²) in [5.41, 5.74) is 8.14. The zero-order valence-corrected chi connectivity index (χ0v) is 9.02. The van der Waals surface area contributed by atoms with Crippen LogP contribution in [0.1, 0.15) is 11.1 Å². The summed E-state index contributed by atoms with van der Waals surface area (Å²) < 4.78 is 0. The van der Waals surface area contributed by atoms with Gasteiger partial charge < -0.3 is 16.2 Å². The molecule has 4 nitrogen and oxygen atoms in total. The van der Waals surface area contributed by atoms with E-state index in [-0.39, 0.29) is 0 Å². The number of fused-ring (bicyclic) bond motifs is 1. The Morgan fingerprint density at radius 3 is 2.50 bits per heavy atom. The van der Waals surface area contributed by atoms with Crippen LogP contribution in [0.25, 0.3) is 0 Å². The summed E-state index contributed by atoms with van der Waals surface area (Å²) in [4.78, 5) is 10.6. The average molecular weight is 220 g/mol. The molecule has 1 aliphatic carbocycles. The Morgan fingerprint density at radius 1 is 1.44 bits per heavy atom. The first-order chi connectivity index (χ1) is 7.66. The Morgan fingerprint density at radius 2 is 2.00 bits per heavy atom. The first-order valence-electron chi connectivity index (χ1n) is 5.45. The smallest absolute Gasteiger partial charge is 0.321 e.